The Kier molecular flexibility index (Phi) is 5.40. The summed E-state index contributed by atoms with van der Waals surface area (Å²) in [6.45, 7) is 6.29. The van der Waals surface area contributed by atoms with Crippen molar-refractivity contribution in [2.45, 2.75) is 26.3 Å². The highest BCUT2D eigenvalue weighted by molar-refractivity contribution is 5.88. The minimum Gasteiger partial charge on any atom is -0.496 e. The van der Waals surface area contributed by atoms with E-state index >= 15 is 0 Å². The van der Waals surface area contributed by atoms with Crippen LogP contribution in [0.5, 0.6) is 17.2 Å². The van der Waals surface area contributed by atoms with Gasteiger partial charge in [-0.1, -0.05) is 30.3 Å². The first-order valence-electron chi connectivity index (χ1n) is 10.1. The number of rotatable bonds is 6. The molecule has 0 spiro atoms. The van der Waals surface area contributed by atoms with Gasteiger partial charge < -0.3 is 19.5 Å². The molecule has 0 unspecified atom stereocenters. The zero-order valence-corrected chi connectivity index (χ0v) is 16.8. The van der Waals surface area contributed by atoms with Crippen LogP contribution in [0.3, 0.4) is 0 Å². The number of fused-ring (bicyclic) bond motifs is 2. The van der Waals surface area contributed by atoms with Gasteiger partial charge in [-0.25, -0.2) is 0 Å². The lowest BCUT2D eigenvalue weighted by Gasteiger charge is -2.28. The predicted molar refractivity (Wildman–Crippen MR) is 112 cm³/mol. The molecule has 1 atom stereocenters. The van der Waals surface area contributed by atoms with Crippen LogP contribution in [0.4, 0.5) is 0 Å². The second kappa shape index (κ2) is 8.11. The first-order valence-corrected chi connectivity index (χ1v) is 10.1. The van der Waals surface area contributed by atoms with Gasteiger partial charge in [0.25, 0.3) is 0 Å². The standard InChI is InChI=1S/C24H27NO3/c1-4-27-21-14-17-12-13-25-24(19(17)15-22(21)28-5-2)23-18-9-7-6-8-16(18)10-11-20(23)26-3/h6-11,14-15,24-25H,4-5,12-13H2,1-3H3/p+1/t24-/m0/s1. The molecule has 3 aromatic rings. The summed E-state index contributed by atoms with van der Waals surface area (Å²) in [5.74, 6) is 2.59. The van der Waals surface area contributed by atoms with Gasteiger partial charge in [-0.05, 0) is 48.4 Å². The summed E-state index contributed by atoms with van der Waals surface area (Å²) in [7, 11) is 1.75. The second-order valence-corrected chi connectivity index (χ2v) is 7.02. The zero-order chi connectivity index (χ0) is 19.5. The van der Waals surface area contributed by atoms with Crippen molar-refractivity contribution in [3.63, 3.8) is 0 Å². The monoisotopic (exact) mass is 378 g/mol. The molecule has 146 valence electrons. The Morgan fingerprint density at radius 2 is 1.68 bits per heavy atom. The van der Waals surface area contributed by atoms with E-state index in [-0.39, 0.29) is 6.04 Å². The van der Waals surface area contributed by atoms with Crippen LogP contribution in [0, 0.1) is 0 Å². The number of quaternary nitrogens is 1. The quantitative estimate of drug-likeness (QED) is 0.708. The smallest absolute Gasteiger partial charge is 0.161 e. The fourth-order valence-corrected chi connectivity index (χ4v) is 4.24. The Bertz CT molecular complexity index is 983. The highest BCUT2D eigenvalue weighted by Crippen LogP contribution is 2.40. The van der Waals surface area contributed by atoms with Crippen LogP contribution in [0.2, 0.25) is 0 Å². The molecule has 0 radical (unpaired) electrons. The minimum atomic E-state index is 0.166. The van der Waals surface area contributed by atoms with Crippen LogP contribution in [-0.2, 0) is 6.42 Å². The summed E-state index contributed by atoms with van der Waals surface area (Å²) >= 11 is 0. The molecule has 1 aliphatic rings. The first kappa shape index (κ1) is 18.6. The highest BCUT2D eigenvalue weighted by atomic mass is 16.5. The van der Waals surface area contributed by atoms with E-state index in [0.717, 1.165) is 30.2 Å². The normalized spacial score (nSPS) is 15.9. The van der Waals surface area contributed by atoms with Gasteiger partial charge >= 0.3 is 0 Å². The summed E-state index contributed by atoms with van der Waals surface area (Å²) in [5, 5.41) is 4.88. The molecule has 1 aliphatic heterocycles. The molecular weight excluding hydrogens is 350 g/mol. The van der Waals surface area contributed by atoms with Crippen molar-refractivity contribution in [1.82, 2.24) is 0 Å². The maximum absolute atomic E-state index is 5.91. The largest absolute Gasteiger partial charge is 0.496 e. The molecular formula is C24H28NO3+. The third-order valence-corrected chi connectivity index (χ3v) is 5.42. The third-order valence-electron chi connectivity index (χ3n) is 5.42. The van der Waals surface area contributed by atoms with Crippen molar-refractivity contribution < 1.29 is 19.5 Å². The fraction of sp³-hybridized carbons (Fsp3) is 0.333. The van der Waals surface area contributed by atoms with Gasteiger partial charge in [0.2, 0.25) is 0 Å². The van der Waals surface area contributed by atoms with E-state index in [4.69, 9.17) is 14.2 Å². The number of benzene rings is 3. The van der Waals surface area contributed by atoms with Gasteiger partial charge in [-0.2, -0.15) is 0 Å². The lowest BCUT2D eigenvalue weighted by Crippen LogP contribution is -2.87. The Balaban J connectivity index is 1.91. The topological polar surface area (TPSA) is 44.3 Å². The lowest BCUT2D eigenvalue weighted by atomic mass is 9.86. The summed E-state index contributed by atoms with van der Waals surface area (Å²) in [6, 6.07) is 17.2. The summed E-state index contributed by atoms with van der Waals surface area (Å²) in [5.41, 5.74) is 3.84. The maximum atomic E-state index is 5.91. The first-order chi connectivity index (χ1) is 13.8. The fourth-order valence-electron chi connectivity index (χ4n) is 4.24. The molecule has 0 aliphatic carbocycles. The Morgan fingerprint density at radius 3 is 2.43 bits per heavy atom. The molecule has 3 aromatic carbocycles. The van der Waals surface area contributed by atoms with Crippen LogP contribution in [-0.4, -0.2) is 26.9 Å². The van der Waals surface area contributed by atoms with Crippen molar-refractivity contribution in [1.29, 1.82) is 0 Å². The average Bonchev–Trinajstić information content (AvgIpc) is 2.73. The third kappa shape index (κ3) is 3.29. The molecule has 0 aromatic heterocycles. The number of ether oxygens (including phenoxy) is 3. The summed E-state index contributed by atoms with van der Waals surface area (Å²) in [6.07, 6.45) is 1.02. The van der Waals surface area contributed by atoms with Crippen LogP contribution in [0.1, 0.15) is 36.6 Å². The van der Waals surface area contributed by atoms with E-state index in [9.17, 15) is 0 Å². The molecule has 4 heteroatoms. The van der Waals surface area contributed by atoms with Crippen molar-refractivity contribution >= 4 is 10.8 Å². The second-order valence-electron chi connectivity index (χ2n) is 7.02. The van der Waals surface area contributed by atoms with Gasteiger partial charge in [0.15, 0.2) is 11.5 Å². The van der Waals surface area contributed by atoms with Crippen molar-refractivity contribution in [2.75, 3.05) is 26.9 Å². The maximum Gasteiger partial charge on any atom is 0.161 e. The number of hydrogen-bond donors (Lipinski definition) is 1. The molecule has 4 nitrogen and oxygen atoms in total. The Labute approximate surface area is 166 Å². The highest BCUT2D eigenvalue weighted by Gasteiger charge is 2.31. The van der Waals surface area contributed by atoms with Gasteiger partial charge in [0.1, 0.15) is 11.8 Å². The van der Waals surface area contributed by atoms with Gasteiger partial charge in [0, 0.05) is 12.0 Å². The van der Waals surface area contributed by atoms with Crippen molar-refractivity contribution in [3.8, 4) is 17.2 Å². The SMILES string of the molecule is CCOc1cc2c(cc1OCC)[C@@H](c1c(OC)ccc3ccccc13)[NH2+]CC2. The van der Waals surface area contributed by atoms with Crippen LogP contribution in [0.15, 0.2) is 48.5 Å². The number of hydrogen-bond acceptors (Lipinski definition) is 3. The van der Waals surface area contributed by atoms with Crippen LogP contribution in [0.25, 0.3) is 10.8 Å². The molecule has 28 heavy (non-hydrogen) atoms. The molecule has 2 N–H and O–H groups in total. The summed E-state index contributed by atoms with van der Waals surface area (Å²) < 4.78 is 17.6. The molecule has 0 amide bonds. The molecule has 1 heterocycles. The lowest BCUT2D eigenvalue weighted by molar-refractivity contribution is -0.689. The molecule has 0 saturated carbocycles. The van der Waals surface area contributed by atoms with Crippen molar-refractivity contribution in [2.24, 2.45) is 0 Å². The molecule has 0 bridgehead atoms. The molecule has 4 rings (SSSR count). The zero-order valence-electron chi connectivity index (χ0n) is 16.8. The van der Waals surface area contributed by atoms with Gasteiger partial charge in [-0.3, -0.25) is 0 Å². The number of methoxy groups -OCH3 is 1. The van der Waals surface area contributed by atoms with Gasteiger partial charge in [-0.15, -0.1) is 0 Å². The summed E-state index contributed by atoms with van der Waals surface area (Å²) in [4.78, 5) is 0. The molecule has 0 saturated heterocycles. The van der Waals surface area contributed by atoms with Crippen LogP contribution >= 0.6 is 0 Å². The Hall–Kier alpha value is -2.72. The van der Waals surface area contributed by atoms with Gasteiger partial charge in [0.05, 0.1) is 32.4 Å². The predicted octanol–water partition coefficient (Wildman–Crippen LogP) is 3.85. The van der Waals surface area contributed by atoms with E-state index in [2.05, 4.69) is 53.8 Å². The Morgan fingerprint density at radius 1 is 0.929 bits per heavy atom. The van der Waals surface area contributed by atoms with E-state index in [0.29, 0.717) is 13.2 Å². The average molecular weight is 378 g/mol. The van der Waals surface area contributed by atoms with Crippen LogP contribution < -0.4 is 19.5 Å². The van der Waals surface area contributed by atoms with E-state index < -0.39 is 0 Å². The van der Waals surface area contributed by atoms with Crippen molar-refractivity contribution in [3.05, 3.63) is 65.2 Å². The minimum absolute atomic E-state index is 0.166. The molecule has 0 fully saturated rings. The van der Waals surface area contributed by atoms with E-state index in [1.54, 1.807) is 7.11 Å². The number of nitrogens with two attached hydrogens (primary N) is 1. The van der Waals surface area contributed by atoms with E-state index in [1.165, 1.54) is 27.5 Å². The van der Waals surface area contributed by atoms with E-state index in [1.807, 2.05) is 13.8 Å².